The van der Waals surface area contributed by atoms with E-state index in [0.717, 1.165) is 24.8 Å². The molecule has 5 heteroatoms. The first-order valence-corrected chi connectivity index (χ1v) is 7.59. The van der Waals surface area contributed by atoms with Crippen molar-refractivity contribution in [3.05, 3.63) is 23.8 Å². The molecule has 0 atom stereocenters. The van der Waals surface area contributed by atoms with Crippen molar-refractivity contribution >= 4 is 5.91 Å². The Hall–Kier alpha value is -1.75. The van der Waals surface area contributed by atoms with Crippen molar-refractivity contribution in [1.82, 2.24) is 5.32 Å². The summed E-state index contributed by atoms with van der Waals surface area (Å²) < 4.78 is 10.5. The number of ether oxygens (including phenoxy) is 2. The van der Waals surface area contributed by atoms with E-state index in [-0.39, 0.29) is 12.5 Å². The first-order chi connectivity index (χ1) is 10.5. The molecular formula is C17H27NO4. The first kappa shape index (κ1) is 18.3. The van der Waals surface area contributed by atoms with Crippen LogP contribution in [0.5, 0.6) is 11.5 Å². The zero-order chi connectivity index (χ0) is 16.6. The third-order valence-electron chi connectivity index (χ3n) is 3.79. The molecule has 0 aliphatic carbocycles. The Kier molecular flexibility index (Phi) is 7.18. The maximum absolute atomic E-state index is 12.4. The molecule has 22 heavy (non-hydrogen) atoms. The molecule has 1 aromatic carbocycles. The van der Waals surface area contributed by atoms with Gasteiger partial charge in [-0.15, -0.1) is 0 Å². The SMILES string of the molecule is COc1ccc(C(C)(C)C(=O)NCCCCCO)cc1OC. The van der Waals surface area contributed by atoms with Crippen LogP contribution < -0.4 is 14.8 Å². The number of amides is 1. The minimum atomic E-state index is -0.656. The van der Waals surface area contributed by atoms with Crippen LogP contribution in [-0.2, 0) is 10.2 Å². The van der Waals surface area contributed by atoms with Gasteiger partial charge in [0, 0.05) is 13.2 Å². The lowest BCUT2D eigenvalue weighted by molar-refractivity contribution is -0.125. The largest absolute Gasteiger partial charge is 0.493 e. The van der Waals surface area contributed by atoms with Gasteiger partial charge in [-0.1, -0.05) is 6.07 Å². The van der Waals surface area contributed by atoms with Gasteiger partial charge in [-0.2, -0.15) is 0 Å². The molecule has 0 unspecified atom stereocenters. The van der Waals surface area contributed by atoms with Gasteiger partial charge in [0.1, 0.15) is 0 Å². The van der Waals surface area contributed by atoms with Gasteiger partial charge >= 0.3 is 0 Å². The molecule has 124 valence electrons. The Bertz CT molecular complexity index is 486. The minimum Gasteiger partial charge on any atom is -0.493 e. The molecule has 0 saturated carbocycles. The Balaban J connectivity index is 2.73. The van der Waals surface area contributed by atoms with E-state index in [4.69, 9.17) is 14.6 Å². The number of aliphatic hydroxyl groups is 1. The zero-order valence-electron chi connectivity index (χ0n) is 13.9. The summed E-state index contributed by atoms with van der Waals surface area (Å²) in [6.07, 6.45) is 2.55. The lowest BCUT2D eigenvalue weighted by Gasteiger charge is -2.25. The highest BCUT2D eigenvalue weighted by Gasteiger charge is 2.30. The van der Waals surface area contributed by atoms with Gasteiger partial charge in [-0.25, -0.2) is 0 Å². The number of hydrogen-bond donors (Lipinski definition) is 2. The molecule has 0 spiro atoms. The van der Waals surface area contributed by atoms with Crippen LogP contribution in [0.15, 0.2) is 18.2 Å². The summed E-state index contributed by atoms with van der Waals surface area (Å²) in [4.78, 5) is 12.4. The van der Waals surface area contributed by atoms with Crippen molar-refractivity contribution in [2.75, 3.05) is 27.4 Å². The van der Waals surface area contributed by atoms with Crippen molar-refractivity contribution in [2.45, 2.75) is 38.5 Å². The van der Waals surface area contributed by atoms with Crippen molar-refractivity contribution in [1.29, 1.82) is 0 Å². The number of hydrogen-bond acceptors (Lipinski definition) is 4. The molecule has 0 bridgehead atoms. The molecule has 0 aliphatic heterocycles. The Labute approximate surface area is 132 Å². The van der Waals surface area contributed by atoms with Gasteiger partial charge in [0.25, 0.3) is 0 Å². The summed E-state index contributed by atoms with van der Waals surface area (Å²) in [5, 5.41) is 11.7. The second-order valence-corrected chi connectivity index (χ2v) is 5.73. The summed E-state index contributed by atoms with van der Waals surface area (Å²) >= 11 is 0. The molecule has 0 radical (unpaired) electrons. The fourth-order valence-corrected chi connectivity index (χ4v) is 2.19. The summed E-state index contributed by atoms with van der Waals surface area (Å²) in [6, 6.07) is 5.53. The number of nitrogens with one attached hydrogen (secondary N) is 1. The Morgan fingerprint density at radius 3 is 2.41 bits per heavy atom. The highest BCUT2D eigenvalue weighted by atomic mass is 16.5. The molecule has 0 aliphatic rings. The molecule has 2 N–H and O–H groups in total. The topological polar surface area (TPSA) is 67.8 Å². The lowest BCUT2D eigenvalue weighted by Crippen LogP contribution is -2.40. The Morgan fingerprint density at radius 1 is 1.14 bits per heavy atom. The third kappa shape index (κ3) is 4.63. The molecule has 0 saturated heterocycles. The number of carbonyl (C=O) groups excluding carboxylic acids is 1. The second-order valence-electron chi connectivity index (χ2n) is 5.73. The Morgan fingerprint density at radius 2 is 1.82 bits per heavy atom. The molecule has 1 amide bonds. The van der Waals surface area contributed by atoms with Crippen LogP contribution in [0.25, 0.3) is 0 Å². The van der Waals surface area contributed by atoms with Gasteiger partial charge in [0.2, 0.25) is 5.91 Å². The number of benzene rings is 1. The van der Waals surface area contributed by atoms with Gasteiger partial charge in [0.05, 0.1) is 19.6 Å². The van der Waals surface area contributed by atoms with E-state index in [1.807, 2.05) is 32.0 Å². The number of aliphatic hydroxyl groups excluding tert-OH is 1. The standard InChI is InChI=1S/C17H27NO4/c1-17(2,16(20)18-10-6-5-7-11-19)13-8-9-14(21-3)15(12-13)22-4/h8-9,12,19H,5-7,10-11H2,1-4H3,(H,18,20). The predicted molar refractivity (Wildman–Crippen MR) is 86.5 cm³/mol. The van der Waals surface area contributed by atoms with E-state index >= 15 is 0 Å². The first-order valence-electron chi connectivity index (χ1n) is 7.59. The van der Waals surface area contributed by atoms with Crippen LogP contribution in [0.2, 0.25) is 0 Å². The number of carbonyl (C=O) groups is 1. The second kappa shape index (κ2) is 8.63. The van der Waals surface area contributed by atoms with E-state index in [9.17, 15) is 4.79 Å². The molecule has 1 rings (SSSR count). The van der Waals surface area contributed by atoms with Gasteiger partial charge in [-0.3, -0.25) is 4.79 Å². The van der Waals surface area contributed by atoms with Crippen molar-refractivity contribution in [2.24, 2.45) is 0 Å². The van der Waals surface area contributed by atoms with Crippen LogP contribution in [0.4, 0.5) is 0 Å². The number of rotatable bonds is 9. The fourth-order valence-electron chi connectivity index (χ4n) is 2.19. The lowest BCUT2D eigenvalue weighted by atomic mass is 9.83. The van der Waals surface area contributed by atoms with Crippen LogP contribution in [0.3, 0.4) is 0 Å². The van der Waals surface area contributed by atoms with Crippen molar-refractivity contribution in [3.63, 3.8) is 0 Å². The summed E-state index contributed by atoms with van der Waals surface area (Å²) in [5.41, 5.74) is 0.217. The summed E-state index contributed by atoms with van der Waals surface area (Å²) in [5.74, 6) is 1.24. The van der Waals surface area contributed by atoms with E-state index in [1.54, 1.807) is 14.2 Å². The summed E-state index contributed by atoms with van der Waals surface area (Å²) in [7, 11) is 3.16. The highest BCUT2D eigenvalue weighted by Crippen LogP contribution is 2.33. The molecule has 1 aromatic rings. The van der Waals surface area contributed by atoms with Crippen molar-refractivity contribution < 1.29 is 19.4 Å². The zero-order valence-corrected chi connectivity index (χ0v) is 13.9. The maximum Gasteiger partial charge on any atom is 0.230 e. The predicted octanol–water partition coefficient (Wildman–Crippen LogP) is 2.26. The quantitative estimate of drug-likeness (QED) is 0.687. The van der Waals surface area contributed by atoms with Crippen LogP contribution in [0.1, 0.15) is 38.7 Å². The van der Waals surface area contributed by atoms with E-state index in [0.29, 0.717) is 18.0 Å². The van der Waals surface area contributed by atoms with Crippen molar-refractivity contribution in [3.8, 4) is 11.5 Å². The van der Waals surface area contributed by atoms with Gasteiger partial charge in [0.15, 0.2) is 11.5 Å². The highest BCUT2D eigenvalue weighted by molar-refractivity contribution is 5.87. The van der Waals surface area contributed by atoms with E-state index in [1.165, 1.54) is 0 Å². The molecule has 0 heterocycles. The van der Waals surface area contributed by atoms with Gasteiger partial charge < -0.3 is 19.9 Å². The molecule has 5 nitrogen and oxygen atoms in total. The fraction of sp³-hybridized carbons (Fsp3) is 0.588. The molecular weight excluding hydrogens is 282 g/mol. The van der Waals surface area contributed by atoms with Crippen LogP contribution in [-0.4, -0.2) is 38.4 Å². The minimum absolute atomic E-state index is 0.0243. The maximum atomic E-state index is 12.4. The average molecular weight is 309 g/mol. The van der Waals surface area contributed by atoms with Crippen LogP contribution >= 0.6 is 0 Å². The average Bonchev–Trinajstić information content (AvgIpc) is 2.53. The smallest absolute Gasteiger partial charge is 0.230 e. The van der Waals surface area contributed by atoms with E-state index in [2.05, 4.69) is 5.32 Å². The number of unbranched alkanes of at least 4 members (excludes halogenated alkanes) is 2. The molecule has 0 fully saturated rings. The summed E-state index contributed by atoms with van der Waals surface area (Å²) in [6.45, 7) is 4.59. The molecule has 0 aromatic heterocycles. The normalized spacial score (nSPS) is 11.1. The number of methoxy groups -OCH3 is 2. The van der Waals surface area contributed by atoms with E-state index < -0.39 is 5.41 Å². The van der Waals surface area contributed by atoms with Crippen LogP contribution in [0, 0.1) is 0 Å². The van der Waals surface area contributed by atoms with Gasteiger partial charge in [-0.05, 0) is 50.8 Å². The monoisotopic (exact) mass is 309 g/mol. The third-order valence-corrected chi connectivity index (χ3v) is 3.79.